The molecule has 0 heterocycles. The number of methoxy groups -OCH3 is 2. The molecule has 0 aliphatic rings. The zero-order valence-electron chi connectivity index (χ0n) is 12.0. The Morgan fingerprint density at radius 1 is 0.833 bits per heavy atom. The predicted octanol–water partition coefficient (Wildman–Crippen LogP) is 5.11. The van der Waals surface area contributed by atoms with Gasteiger partial charge in [-0.05, 0) is 32.1 Å². The van der Waals surface area contributed by atoms with E-state index < -0.39 is 0 Å². The molecule has 0 aliphatic carbocycles. The summed E-state index contributed by atoms with van der Waals surface area (Å²) in [4.78, 5) is 0. The summed E-state index contributed by atoms with van der Waals surface area (Å²) in [7, 11) is 3.42. The summed E-state index contributed by atoms with van der Waals surface area (Å²) in [5, 5.41) is 0. The Hall–Kier alpha value is 0.390. The van der Waals surface area contributed by atoms with Crippen LogP contribution in [0.4, 0.5) is 0 Å². The van der Waals surface area contributed by atoms with Crippen LogP contribution in [0, 0.1) is 0 Å². The summed E-state index contributed by atoms with van der Waals surface area (Å²) in [6.45, 7) is 0. The van der Waals surface area contributed by atoms with Gasteiger partial charge in [-0.15, -0.1) is 0 Å². The molecule has 0 atom stereocenters. The smallest absolute Gasteiger partial charge is 0.156 e. The van der Waals surface area contributed by atoms with E-state index in [9.17, 15) is 0 Å². The molecule has 0 aromatic heterocycles. The second-order valence-electron chi connectivity index (χ2n) is 4.55. The molecule has 0 saturated carbocycles. The van der Waals surface area contributed by atoms with Crippen molar-refractivity contribution in [3.05, 3.63) is 12.2 Å². The number of rotatable bonds is 13. The van der Waals surface area contributed by atoms with E-state index in [1.807, 2.05) is 0 Å². The van der Waals surface area contributed by atoms with E-state index >= 15 is 0 Å². The van der Waals surface area contributed by atoms with E-state index in [-0.39, 0.29) is 6.29 Å². The molecule has 0 spiro atoms. The Balaban J connectivity index is 3.11. The van der Waals surface area contributed by atoms with Crippen LogP contribution in [0.15, 0.2) is 12.2 Å². The van der Waals surface area contributed by atoms with Gasteiger partial charge in [-0.25, -0.2) is 0 Å². The molecule has 108 valence electrons. The maximum Gasteiger partial charge on any atom is 0.156 e. The van der Waals surface area contributed by atoms with Crippen molar-refractivity contribution in [2.24, 2.45) is 0 Å². The van der Waals surface area contributed by atoms with E-state index in [1.54, 1.807) is 14.2 Å². The molecule has 0 N–H and O–H groups in total. The van der Waals surface area contributed by atoms with Gasteiger partial charge in [0.15, 0.2) is 6.29 Å². The second kappa shape index (κ2) is 15.4. The van der Waals surface area contributed by atoms with Crippen molar-refractivity contribution in [3.8, 4) is 0 Å². The number of allylic oxidation sites excluding steroid dienone is 2. The lowest BCUT2D eigenvalue weighted by molar-refractivity contribution is -0.107. The van der Waals surface area contributed by atoms with Gasteiger partial charge < -0.3 is 9.47 Å². The fraction of sp³-hybridized carbons (Fsp3) is 0.867. The molecule has 3 heteroatoms. The van der Waals surface area contributed by atoms with Crippen LogP contribution < -0.4 is 0 Å². The number of hydrogen-bond donors (Lipinski definition) is 0. The van der Waals surface area contributed by atoms with E-state index in [0.717, 1.165) is 6.42 Å². The molecule has 2 nitrogen and oxygen atoms in total. The van der Waals surface area contributed by atoms with Gasteiger partial charge in [0.1, 0.15) is 0 Å². The predicted molar refractivity (Wildman–Crippen MR) is 87.4 cm³/mol. The molecule has 0 radical (unpaired) electrons. The first kappa shape index (κ1) is 18.4. The fourth-order valence-electron chi connectivity index (χ4n) is 1.91. The van der Waals surface area contributed by atoms with E-state index in [4.69, 9.17) is 9.47 Å². The SMILES string of the molecule is COC(CCCCCCCC/C=C/CCI)OC. The Morgan fingerprint density at radius 3 is 2.00 bits per heavy atom. The van der Waals surface area contributed by atoms with E-state index in [0.29, 0.717) is 0 Å². The number of ether oxygens (including phenoxy) is 2. The third kappa shape index (κ3) is 12.8. The Bertz CT molecular complexity index is 179. The summed E-state index contributed by atoms with van der Waals surface area (Å²) >= 11 is 2.42. The summed E-state index contributed by atoms with van der Waals surface area (Å²) in [6, 6.07) is 0. The third-order valence-corrected chi connectivity index (χ3v) is 3.65. The molecule has 0 amide bonds. The van der Waals surface area contributed by atoms with Gasteiger partial charge in [0.25, 0.3) is 0 Å². The quantitative estimate of drug-likeness (QED) is 0.148. The molecule has 0 fully saturated rings. The standard InChI is InChI=1S/C15H29IO2/c1-17-15(18-2)13-11-9-7-5-3-4-6-8-10-12-14-16/h8,10,15H,3-7,9,11-14H2,1-2H3/b10-8+. The van der Waals surface area contributed by atoms with Gasteiger partial charge >= 0.3 is 0 Å². The molecule has 0 saturated heterocycles. The lowest BCUT2D eigenvalue weighted by atomic mass is 10.1. The molecule has 18 heavy (non-hydrogen) atoms. The monoisotopic (exact) mass is 368 g/mol. The van der Waals surface area contributed by atoms with Gasteiger partial charge in [-0.2, -0.15) is 0 Å². The van der Waals surface area contributed by atoms with Crippen LogP contribution in [0.25, 0.3) is 0 Å². The first-order valence-corrected chi connectivity index (χ1v) is 8.64. The first-order chi connectivity index (χ1) is 8.85. The Morgan fingerprint density at radius 2 is 1.39 bits per heavy atom. The maximum atomic E-state index is 5.16. The lowest BCUT2D eigenvalue weighted by Crippen LogP contribution is -2.12. The van der Waals surface area contributed by atoms with Crippen LogP contribution in [-0.4, -0.2) is 24.9 Å². The number of hydrogen-bond acceptors (Lipinski definition) is 2. The van der Waals surface area contributed by atoms with Crippen LogP contribution in [0.3, 0.4) is 0 Å². The molecule has 0 aromatic carbocycles. The average molecular weight is 368 g/mol. The van der Waals surface area contributed by atoms with Crippen LogP contribution in [0.5, 0.6) is 0 Å². The third-order valence-electron chi connectivity index (χ3n) is 3.03. The molecular formula is C15H29IO2. The minimum Gasteiger partial charge on any atom is -0.356 e. The zero-order valence-corrected chi connectivity index (χ0v) is 14.2. The minimum atomic E-state index is -0.00644. The number of alkyl halides is 1. The van der Waals surface area contributed by atoms with Gasteiger partial charge in [-0.1, -0.05) is 60.4 Å². The van der Waals surface area contributed by atoms with Gasteiger partial charge in [0.05, 0.1) is 0 Å². The second-order valence-corrected chi connectivity index (χ2v) is 5.63. The average Bonchev–Trinajstić information content (AvgIpc) is 2.40. The Labute approximate surface area is 127 Å². The highest BCUT2D eigenvalue weighted by atomic mass is 127. The Kier molecular flexibility index (Phi) is 15.8. The maximum absolute atomic E-state index is 5.16. The summed E-state index contributed by atoms with van der Waals surface area (Å²) in [5.41, 5.74) is 0. The van der Waals surface area contributed by atoms with Crippen molar-refractivity contribution < 1.29 is 9.47 Å². The first-order valence-electron chi connectivity index (χ1n) is 7.11. The minimum absolute atomic E-state index is 0.00644. The van der Waals surface area contributed by atoms with Crippen LogP contribution in [-0.2, 0) is 9.47 Å². The molecule has 0 rings (SSSR count). The van der Waals surface area contributed by atoms with E-state index in [1.165, 1.54) is 55.8 Å². The van der Waals surface area contributed by atoms with Crippen molar-refractivity contribution >= 4 is 22.6 Å². The number of halogens is 1. The molecule has 0 aromatic rings. The highest BCUT2D eigenvalue weighted by Crippen LogP contribution is 2.11. The van der Waals surface area contributed by atoms with Crippen LogP contribution >= 0.6 is 22.6 Å². The highest BCUT2D eigenvalue weighted by molar-refractivity contribution is 14.1. The van der Waals surface area contributed by atoms with Gasteiger partial charge in [-0.3, -0.25) is 0 Å². The van der Waals surface area contributed by atoms with Gasteiger partial charge in [0, 0.05) is 18.6 Å². The van der Waals surface area contributed by atoms with E-state index in [2.05, 4.69) is 34.7 Å². The van der Waals surface area contributed by atoms with Crippen molar-refractivity contribution in [1.29, 1.82) is 0 Å². The van der Waals surface area contributed by atoms with Gasteiger partial charge in [0.2, 0.25) is 0 Å². The van der Waals surface area contributed by atoms with Crippen LogP contribution in [0.1, 0.15) is 57.8 Å². The lowest BCUT2D eigenvalue weighted by Gasteiger charge is -2.12. The summed E-state index contributed by atoms with van der Waals surface area (Å²) < 4.78 is 11.6. The van der Waals surface area contributed by atoms with Crippen molar-refractivity contribution in [1.82, 2.24) is 0 Å². The van der Waals surface area contributed by atoms with Crippen LogP contribution in [0.2, 0.25) is 0 Å². The fourth-order valence-corrected chi connectivity index (χ4v) is 2.27. The molecule has 0 aliphatic heterocycles. The normalized spacial score (nSPS) is 11.8. The summed E-state index contributed by atoms with van der Waals surface area (Å²) in [5.74, 6) is 0. The highest BCUT2D eigenvalue weighted by Gasteiger charge is 2.03. The largest absolute Gasteiger partial charge is 0.356 e. The number of unbranched alkanes of at least 4 members (excludes halogenated alkanes) is 6. The zero-order chi connectivity index (χ0) is 13.5. The molecular weight excluding hydrogens is 339 g/mol. The molecule has 0 bridgehead atoms. The van der Waals surface area contributed by atoms with Crippen molar-refractivity contribution in [2.45, 2.75) is 64.1 Å². The summed E-state index contributed by atoms with van der Waals surface area (Å²) in [6.07, 6.45) is 16.1. The van der Waals surface area contributed by atoms with Crippen molar-refractivity contribution in [2.75, 3.05) is 18.6 Å². The molecule has 0 unspecified atom stereocenters. The van der Waals surface area contributed by atoms with Crippen molar-refractivity contribution in [3.63, 3.8) is 0 Å². The topological polar surface area (TPSA) is 18.5 Å².